The minimum absolute atomic E-state index is 0.631. The van der Waals surface area contributed by atoms with Gasteiger partial charge >= 0.3 is 0 Å². The SMILES string of the molecule is COc1ccc(C)c2ccc(NN)nc12. The van der Waals surface area contributed by atoms with E-state index in [-0.39, 0.29) is 0 Å². The van der Waals surface area contributed by atoms with Crippen LogP contribution in [0.1, 0.15) is 5.56 Å². The number of hydrazine groups is 1. The van der Waals surface area contributed by atoms with Gasteiger partial charge < -0.3 is 10.2 Å². The van der Waals surface area contributed by atoms with Crippen LogP contribution in [0, 0.1) is 6.92 Å². The molecule has 0 unspecified atom stereocenters. The summed E-state index contributed by atoms with van der Waals surface area (Å²) in [6.07, 6.45) is 0. The Morgan fingerprint density at radius 3 is 2.73 bits per heavy atom. The summed E-state index contributed by atoms with van der Waals surface area (Å²) in [4.78, 5) is 4.36. The van der Waals surface area contributed by atoms with E-state index in [1.54, 1.807) is 7.11 Å². The molecule has 2 rings (SSSR count). The van der Waals surface area contributed by atoms with Gasteiger partial charge in [0.25, 0.3) is 0 Å². The fourth-order valence-electron chi connectivity index (χ4n) is 1.58. The smallest absolute Gasteiger partial charge is 0.145 e. The zero-order valence-electron chi connectivity index (χ0n) is 8.74. The number of hydrogen-bond donors (Lipinski definition) is 2. The molecule has 4 heteroatoms. The zero-order valence-corrected chi connectivity index (χ0v) is 8.74. The van der Waals surface area contributed by atoms with Crippen molar-refractivity contribution in [2.45, 2.75) is 6.92 Å². The van der Waals surface area contributed by atoms with E-state index in [4.69, 9.17) is 10.6 Å². The molecule has 3 N–H and O–H groups in total. The highest BCUT2D eigenvalue weighted by atomic mass is 16.5. The van der Waals surface area contributed by atoms with Crippen molar-refractivity contribution in [1.82, 2.24) is 4.98 Å². The summed E-state index contributed by atoms with van der Waals surface area (Å²) in [6.45, 7) is 2.04. The van der Waals surface area contributed by atoms with Crippen molar-refractivity contribution in [2.75, 3.05) is 12.5 Å². The molecule has 1 heterocycles. The third-order valence-corrected chi connectivity index (χ3v) is 2.41. The number of nitrogens with two attached hydrogens (primary N) is 1. The number of fused-ring (bicyclic) bond motifs is 1. The molecule has 15 heavy (non-hydrogen) atoms. The van der Waals surface area contributed by atoms with Gasteiger partial charge in [-0.25, -0.2) is 10.8 Å². The molecular weight excluding hydrogens is 190 g/mol. The molecule has 2 aromatic rings. The first-order valence-electron chi connectivity index (χ1n) is 4.67. The molecule has 78 valence electrons. The normalized spacial score (nSPS) is 10.3. The van der Waals surface area contributed by atoms with Crippen LogP contribution in [0.5, 0.6) is 5.75 Å². The van der Waals surface area contributed by atoms with Crippen LogP contribution in [0.4, 0.5) is 5.82 Å². The standard InChI is InChI=1S/C11H13N3O/c1-7-3-5-9(15-2)11-8(7)4-6-10(13-11)14-12/h3-6H,12H2,1-2H3,(H,13,14). The van der Waals surface area contributed by atoms with E-state index < -0.39 is 0 Å². The molecular formula is C11H13N3O. The number of aryl methyl sites for hydroxylation is 1. The van der Waals surface area contributed by atoms with Crippen LogP contribution in [0.3, 0.4) is 0 Å². The summed E-state index contributed by atoms with van der Waals surface area (Å²) in [7, 11) is 1.63. The predicted molar refractivity (Wildman–Crippen MR) is 60.8 cm³/mol. The van der Waals surface area contributed by atoms with Gasteiger partial charge in [0.05, 0.1) is 7.11 Å². The highest BCUT2D eigenvalue weighted by Gasteiger charge is 2.05. The van der Waals surface area contributed by atoms with Gasteiger partial charge in [-0.3, -0.25) is 0 Å². The van der Waals surface area contributed by atoms with Crippen molar-refractivity contribution in [2.24, 2.45) is 5.84 Å². The second-order valence-electron chi connectivity index (χ2n) is 3.32. The highest BCUT2D eigenvalue weighted by Crippen LogP contribution is 2.27. The first kappa shape index (κ1) is 9.73. The van der Waals surface area contributed by atoms with Crippen LogP contribution in [-0.4, -0.2) is 12.1 Å². The van der Waals surface area contributed by atoms with Crippen LogP contribution in [0.25, 0.3) is 10.9 Å². The fraction of sp³-hybridized carbons (Fsp3) is 0.182. The Morgan fingerprint density at radius 1 is 1.27 bits per heavy atom. The monoisotopic (exact) mass is 203 g/mol. The molecule has 0 aliphatic rings. The first-order chi connectivity index (χ1) is 7.26. The third kappa shape index (κ3) is 1.59. The van der Waals surface area contributed by atoms with E-state index in [9.17, 15) is 0 Å². The lowest BCUT2D eigenvalue weighted by atomic mass is 10.1. The lowest BCUT2D eigenvalue weighted by Crippen LogP contribution is -2.08. The number of nitrogen functional groups attached to an aromatic ring is 1. The van der Waals surface area contributed by atoms with Crippen LogP contribution in [0.2, 0.25) is 0 Å². The lowest BCUT2D eigenvalue weighted by Gasteiger charge is -2.08. The van der Waals surface area contributed by atoms with Crippen molar-refractivity contribution in [3.8, 4) is 5.75 Å². The molecule has 1 aromatic heterocycles. The number of ether oxygens (including phenoxy) is 1. The maximum absolute atomic E-state index is 5.32. The highest BCUT2D eigenvalue weighted by molar-refractivity contribution is 5.88. The van der Waals surface area contributed by atoms with E-state index in [2.05, 4.69) is 10.4 Å². The van der Waals surface area contributed by atoms with Gasteiger partial charge in [-0.15, -0.1) is 0 Å². The third-order valence-electron chi connectivity index (χ3n) is 2.41. The Bertz CT molecular complexity index is 496. The van der Waals surface area contributed by atoms with Crippen LogP contribution >= 0.6 is 0 Å². The molecule has 0 saturated carbocycles. The topological polar surface area (TPSA) is 60.2 Å². The quantitative estimate of drug-likeness (QED) is 0.577. The Labute approximate surface area is 88.0 Å². The van der Waals surface area contributed by atoms with Crippen molar-refractivity contribution in [1.29, 1.82) is 0 Å². The number of benzene rings is 1. The summed E-state index contributed by atoms with van der Waals surface area (Å²) in [5.74, 6) is 6.71. The molecule has 4 nitrogen and oxygen atoms in total. The molecule has 0 amide bonds. The van der Waals surface area contributed by atoms with Crippen molar-refractivity contribution >= 4 is 16.7 Å². The van der Waals surface area contributed by atoms with Gasteiger partial charge in [-0.1, -0.05) is 6.07 Å². The zero-order chi connectivity index (χ0) is 10.8. The largest absolute Gasteiger partial charge is 0.494 e. The minimum atomic E-state index is 0.631. The molecule has 0 aliphatic carbocycles. The van der Waals surface area contributed by atoms with Gasteiger partial charge in [0.15, 0.2) is 0 Å². The van der Waals surface area contributed by atoms with Crippen LogP contribution in [-0.2, 0) is 0 Å². The van der Waals surface area contributed by atoms with Gasteiger partial charge in [-0.2, -0.15) is 0 Å². The van der Waals surface area contributed by atoms with Crippen molar-refractivity contribution in [3.05, 3.63) is 29.8 Å². The van der Waals surface area contributed by atoms with E-state index in [0.717, 1.165) is 16.7 Å². The van der Waals surface area contributed by atoms with E-state index in [1.807, 2.05) is 31.2 Å². The molecule has 0 saturated heterocycles. The van der Waals surface area contributed by atoms with Crippen molar-refractivity contribution in [3.63, 3.8) is 0 Å². The number of nitrogens with one attached hydrogen (secondary N) is 1. The van der Waals surface area contributed by atoms with Crippen LogP contribution in [0.15, 0.2) is 24.3 Å². The van der Waals surface area contributed by atoms with Gasteiger partial charge in [0, 0.05) is 5.39 Å². The number of rotatable bonds is 2. The Hall–Kier alpha value is -1.81. The molecule has 1 aromatic carbocycles. The predicted octanol–water partition coefficient (Wildman–Crippen LogP) is 1.84. The number of nitrogens with zero attached hydrogens (tertiary/aromatic N) is 1. The molecule has 0 spiro atoms. The van der Waals surface area contributed by atoms with E-state index in [1.165, 1.54) is 5.56 Å². The molecule has 0 fully saturated rings. The average Bonchev–Trinajstić information content (AvgIpc) is 2.29. The summed E-state index contributed by atoms with van der Waals surface area (Å²) >= 11 is 0. The van der Waals surface area contributed by atoms with Gasteiger partial charge in [-0.05, 0) is 30.7 Å². The van der Waals surface area contributed by atoms with E-state index in [0.29, 0.717) is 5.82 Å². The number of anilines is 1. The summed E-state index contributed by atoms with van der Waals surface area (Å²) < 4.78 is 5.25. The molecule has 0 radical (unpaired) electrons. The summed E-state index contributed by atoms with van der Waals surface area (Å²) in [6, 6.07) is 7.74. The second kappa shape index (κ2) is 3.74. The number of methoxy groups -OCH3 is 1. The van der Waals surface area contributed by atoms with Crippen LogP contribution < -0.4 is 16.0 Å². The number of hydrogen-bond acceptors (Lipinski definition) is 4. The van der Waals surface area contributed by atoms with Crippen molar-refractivity contribution < 1.29 is 4.74 Å². The average molecular weight is 203 g/mol. The summed E-state index contributed by atoms with van der Waals surface area (Å²) in [5.41, 5.74) is 4.52. The van der Waals surface area contributed by atoms with E-state index >= 15 is 0 Å². The number of pyridine rings is 1. The van der Waals surface area contributed by atoms with Gasteiger partial charge in [0.2, 0.25) is 0 Å². The molecule has 0 atom stereocenters. The number of aromatic nitrogens is 1. The second-order valence-corrected chi connectivity index (χ2v) is 3.32. The minimum Gasteiger partial charge on any atom is -0.494 e. The van der Waals surface area contributed by atoms with Gasteiger partial charge in [0.1, 0.15) is 17.1 Å². The first-order valence-corrected chi connectivity index (χ1v) is 4.67. The molecule has 0 aliphatic heterocycles. The Kier molecular flexibility index (Phi) is 2.43. The molecule has 0 bridgehead atoms. The maximum atomic E-state index is 5.32. The fourth-order valence-corrected chi connectivity index (χ4v) is 1.58. The maximum Gasteiger partial charge on any atom is 0.145 e. The lowest BCUT2D eigenvalue weighted by molar-refractivity contribution is 0.419. The summed E-state index contributed by atoms with van der Waals surface area (Å²) in [5, 5.41) is 1.08. The Morgan fingerprint density at radius 2 is 2.07 bits per heavy atom. The Balaban J connectivity index is 2.77.